The second-order valence-electron chi connectivity index (χ2n) is 4.03. The summed E-state index contributed by atoms with van der Waals surface area (Å²) in [5, 5.41) is 2.79. The Morgan fingerprint density at radius 2 is 2.20 bits per heavy atom. The van der Waals surface area contributed by atoms with Crippen LogP contribution in [-0.4, -0.2) is 20.7 Å². The molecule has 82 valence electrons. The fourth-order valence-corrected chi connectivity index (χ4v) is 3.62. The van der Waals surface area contributed by atoms with Crippen LogP contribution < -0.4 is 5.32 Å². The maximum atomic E-state index is 11.8. The van der Waals surface area contributed by atoms with Gasteiger partial charge in [0.05, 0.1) is 10.1 Å². The lowest BCUT2D eigenvalue weighted by atomic mass is 10.1. The van der Waals surface area contributed by atoms with Crippen molar-refractivity contribution >= 4 is 9.84 Å². The monoisotopic (exact) mass is 225 g/mol. The average Bonchev–Trinajstić information content (AvgIpc) is 2.38. The largest absolute Gasteiger partial charge is 0.316 e. The summed E-state index contributed by atoms with van der Waals surface area (Å²) in [5.74, 6) is 0. The fourth-order valence-electron chi connectivity index (χ4n) is 2.02. The summed E-state index contributed by atoms with van der Waals surface area (Å²) in [4.78, 5) is 0.523. The van der Waals surface area contributed by atoms with Gasteiger partial charge in [0.25, 0.3) is 0 Å². The van der Waals surface area contributed by atoms with E-state index in [1.54, 1.807) is 13.0 Å². The third kappa shape index (κ3) is 1.68. The molecule has 1 aromatic carbocycles. The standard InChI is InChI=1S/C11H15NO2S/c1-8-5-10-6-9(7-12-2)3-4-11(10)15(8,13)14/h3-4,6,8,12H,5,7H2,1-2H3. The van der Waals surface area contributed by atoms with Crippen LogP contribution in [0.15, 0.2) is 23.1 Å². The van der Waals surface area contributed by atoms with Gasteiger partial charge in [-0.25, -0.2) is 8.42 Å². The Hall–Kier alpha value is -0.870. The molecule has 1 aliphatic rings. The Morgan fingerprint density at radius 3 is 2.87 bits per heavy atom. The molecule has 0 fully saturated rings. The summed E-state index contributed by atoms with van der Waals surface area (Å²) >= 11 is 0. The highest BCUT2D eigenvalue weighted by atomic mass is 32.2. The molecule has 3 nitrogen and oxygen atoms in total. The van der Waals surface area contributed by atoms with Gasteiger partial charge < -0.3 is 5.32 Å². The van der Waals surface area contributed by atoms with Crippen LogP contribution in [0, 0.1) is 0 Å². The summed E-state index contributed by atoms with van der Waals surface area (Å²) < 4.78 is 23.7. The average molecular weight is 225 g/mol. The minimum absolute atomic E-state index is 0.266. The first-order valence-electron chi connectivity index (χ1n) is 5.06. The van der Waals surface area contributed by atoms with Crippen LogP contribution in [-0.2, 0) is 22.8 Å². The molecule has 1 unspecified atom stereocenters. The molecule has 15 heavy (non-hydrogen) atoms. The SMILES string of the molecule is CNCc1ccc2c(c1)CC(C)S2(=O)=O. The van der Waals surface area contributed by atoms with Crippen LogP contribution >= 0.6 is 0 Å². The van der Waals surface area contributed by atoms with Gasteiger partial charge in [-0.2, -0.15) is 0 Å². The van der Waals surface area contributed by atoms with E-state index in [-0.39, 0.29) is 5.25 Å². The molecule has 1 N–H and O–H groups in total. The molecule has 0 spiro atoms. The predicted octanol–water partition coefficient (Wildman–Crippen LogP) is 1.12. The molecule has 0 saturated carbocycles. The lowest BCUT2D eigenvalue weighted by molar-refractivity contribution is 0.590. The van der Waals surface area contributed by atoms with Gasteiger partial charge in [-0.05, 0) is 37.6 Å². The van der Waals surface area contributed by atoms with E-state index in [2.05, 4.69) is 5.32 Å². The number of benzene rings is 1. The Morgan fingerprint density at radius 1 is 1.47 bits per heavy atom. The highest BCUT2D eigenvalue weighted by Gasteiger charge is 2.33. The lowest BCUT2D eigenvalue weighted by Crippen LogP contribution is -2.11. The molecule has 0 bridgehead atoms. The molecule has 0 aromatic heterocycles. The minimum atomic E-state index is -3.04. The third-order valence-electron chi connectivity index (χ3n) is 2.85. The second kappa shape index (κ2) is 3.61. The Kier molecular flexibility index (Phi) is 2.56. The first-order chi connectivity index (χ1) is 7.05. The highest BCUT2D eigenvalue weighted by molar-refractivity contribution is 7.92. The quantitative estimate of drug-likeness (QED) is 0.820. The van der Waals surface area contributed by atoms with Crippen LogP contribution in [0.25, 0.3) is 0 Å². The second-order valence-corrected chi connectivity index (χ2v) is 6.37. The molecular weight excluding hydrogens is 210 g/mol. The van der Waals surface area contributed by atoms with Crippen molar-refractivity contribution in [1.29, 1.82) is 0 Å². The van der Waals surface area contributed by atoms with Gasteiger partial charge in [0.1, 0.15) is 0 Å². The minimum Gasteiger partial charge on any atom is -0.316 e. The molecule has 1 aliphatic heterocycles. The van der Waals surface area contributed by atoms with Crippen molar-refractivity contribution in [2.45, 2.75) is 30.0 Å². The molecule has 1 heterocycles. The van der Waals surface area contributed by atoms with E-state index in [4.69, 9.17) is 0 Å². The van der Waals surface area contributed by atoms with Crippen LogP contribution in [0.5, 0.6) is 0 Å². The van der Waals surface area contributed by atoms with E-state index in [0.717, 1.165) is 17.7 Å². The molecule has 1 aromatic rings. The normalized spacial score (nSPS) is 22.7. The summed E-state index contributed by atoms with van der Waals surface area (Å²) in [6.07, 6.45) is 0.648. The molecule has 1 atom stereocenters. The first-order valence-corrected chi connectivity index (χ1v) is 6.60. The van der Waals surface area contributed by atoms with Crippen molar-refractivity contribution in [2.24, 2.45) is 0 Å². The zero-order valence-electron chi connectivity index (χ0n) is 8.95. The molecule has 0 saturated heterocycles. The summed E-state index contributed by atoms with van der Waals surface area (Å²) in [6.45, 7) is 2.55. The lowest BCUT2D eigenvalue weighted by Gasteiger charge is -2.03. The van der Waals surface area contributed by atoms with Crippen molar-refractivity contribution in [3.63, 3.8) is 0 Å². The van der Waals surface area contributed by atoms with Gasteiger partial charge in [0.2, 0.25) is 0 Å². The summed E-state index contributed by atoms with van der Waals surface area (Å²) in [6, 6.07) is 5.61. The van der Waals surface area contributed by atoms with Crippen LogP contribution in [0.1, 0.15) is 18.1 Å². The zero-order valence-corrected chi connectivity index (χ0v) is 9.76. The summed E-state index contributed by atoms with van der Waals surface area (Å²) in [5.41, 5.74) is 2.11. The highest BCUT2D eigenvalue weighted by Crippen LogP contribution is 2.31. The maximum Gasteiger partial charge on any atom is 0.181 e. The Bertz CT molecular complexity index is 479. The molecular formula is C11H15NO2S. The molecule has 0 radical (unpaired) electrons. The van der Waals surface area contributed by atoms with E-state index >= 15 is 0 Å². The molecule has 0 amide bonds. The smallest absolute Gasteiger partial charge is 0.181 e. The van der Waals surface area contributed by atoms with Crippen LogP contribution in [0.3, 0.4) is 0 Å². The van der Waals surface area contributed by atoms with Crippen molar-refractivity contribution in [3.05, 3.63) is 29.3 Å². The number of nitrogens with one attached hydrogen (secondary N) is 1. The maximum absolute atomic E-state index is 11.8. The van der Waals surface area contributed by atoms with Crippen molar-refractivity contribution < 1.29 is 8.42 Å². The van der Waals surface area contributed by atoms with Crippen molar-refractivity contribution in [2.75, 3.05) is 7.05 Å². The Labute approximate surface area is 90.4 Å². The topological polar surface area (TPSA) is 46.2 Å². The third-order valence-corrected chi connectivity index (χ3v) is 5.09. The van der Waals surface area contributed by atoms with Crippen LogP contribution in [0.4, 0.5) is 0 Å². The zero-order chi connectivity index (χ0) is 11.1. The molecule has 0 aliphatic carbocycles. The number of hydrogen-bond donors (Lipinski definition) is 1. The van der Waals surface area contributed by atoms with E-state index in [1.807, 2.05) is 19.2 Å². The van der Waals surface area contributed by atoms with Crippen molar-refractivity contribution in [3.8, 4) is 0 Å². The number of fused-ring (bicyclic) bond motifs is 1. The fraction of sp³-hybridized carbons (Fsp3) is 0.455. The first kappa shape index (κ1) is 10.6. The number of hydrogen-bond acceptors (Lipinski definition) is 3. The summed E-state index contributed by atoms with van der Waals surface area (Å²) in [7, 11) is -1.15. The molecule has 2 rings (SSSR count). The van der Waals surface area contributed by atoms with Gasteiger partial charge in [0.15, 0.2) is 9.84 Å². The molecule has 4 heteroatoms. The van der Waals surface area contributed by atoms with E-state index < -0.39 is 9.84 Å². The van der Waals surface area contributed by atoms with E-state index in [0.29, 0.717) is 11.3 Å². The Balaban J connectivity index is 2.47. The van der Waals surface area contributed by atoms with Gasteiger partial charge in [0, 0.05) is 6.54 Å². The number of rotatable bonds is 2. The van der Waals surface area contributed by atoms with E-state index in [9.17, 15) is 8.42 Å². The number of sulfone groups is 1. The van der Waals surface area contributed by atoms with Gasteiger partial charge in [-0.15, -0.1) is 0 Å². The predicted molar refractivity (Wildman–Crippen MR) is 59.6 cm³/mol. The van der Waals surface area contributed by atoms with Crippen molar-refractivity contribution in [1.82, 2.24) is 5.32 Å². The van der Waals surface area contributed by atoms with Gasteiger partial charge >= 0.3 is 0 Å². The van der Waals surface area contributed by atoms with Gasteiger partial charge in [-0.3, -0.25) is 0 Å². The van der Waals surface area contributed by atoms with Gasteiger partial charge in [-0.1, -0.05) is 12.1 Å². The van der Waals surface area contributed by atoms with E-state index in [1.165, 1.54) is 0 Å². The van der Waals surface area contributed by atoms with Crippen LogP contribution in [0.2, 0.25) is 0 Å².